The number of sulfonamides is 1. The second-order valence-corrected chi connectivity index (χ2v) is 11.8. The summed E-state index contributed by atoms with van der Waals surface area (Å²) in [5, 5.41) is 2.96. The quantitative estimate of drug-likeness (QED) is 0.358. The van der Waals surface area contributed by atoms with E-state index < -0.39 is 16.1 Å². The van der Waals surface area contributed by atoms with Crippen LogP contribution in [-0.4, -0.2) is 57.6 Å². The van der Waals surface area contributed by atoms with E-state index in [0.717, 1.165) is 17.5 Å². The third-order valence-corrected chi connectivity index (χ3v) is 7.56. The lowest BCUT2D eigenvalue weighted by atomic mass is 10.1. The minimum Gasteiger partial charge on any atom is -0.497 e. The van der Waals surface area contributed by atoms with Gasteiger partial charge in [-0.2, -0.15) is 0 Å². The van der Waals surface area contributed by atoms with Crippen molar-refractivity contribution in [1.29, 1.82) is 0 Å². The number of nitrogens with zero attached hydrogens (tertiary/aromatic N) is 2. The van der Waals surface area contributed by atoms with Crippen molar-refractivity contribution in [3.63, 3.8) is 0 Å². The number of aryl methyl sites for hydroxylation is 1. The van der Waals surface area contributed by atoms with E-state index in [-0.39, 0.29) is 37.2 Å². The van der Waals surface area contributed by atoms with Gasteiger partial charge in [-0.15, -0.1) is 0 Å². The van der Waals surface area contributed by atoms with Gasteiger partial charge in [-0.3, -0.25) is 13.9 Å². The smallest absolute Gasteiger partial charge is 0.242 e. The normalized spacial score (nSPS) is 12.2. The Labute approximate surface area is 228 Å². The number of carbonyl (C=O) groups is 2. The summed E-state index contributed by atoms with van der Waals surface area (Å²) in [4.78, 5) is 28.2. The molecule has 0 radical (unpaired) electrons. The van der Waals surface area contributed by atoms with Crippen LogP contribution in [0.4, 0.5) is 5.69 Å². The fourth-order valence-corrected chi connectivity index (χ4v) is 5.14. The van der Waals surface area contributed by atoms with E-state index in [9.17, 15) is 18.0 Å². The van der Waals surface area contributed by atoms with Gasteiger partial charge in [-0.05, 0) is 60.6 Å². The third-order valence-electron chi connectivity index (χ3n) is 6.37. The maximum atomic E-state index is 13.5. The summed E-state index contributed by atoms with van der Waals surface area (Å²) in [6.07, 6.45) is 2.94. The molecule has 1 unspecified atom stereocenters. The number of ether oxygens (including phenoxy) is 1. The number of amides is 2. The number of methoxy groups -OCH3 is 1. The fourth-order valence-electron chi connectivity index (χ4n) is 4.17. The average molecular weight is 546 g/mol. The first kappa shape index (κ1) is 31.1. The van der Waals surface area contributed by atoms with E-state index in [2.05, 4.69) is 5.32 Å². The Hall–Kier alpha value is -3.07. The molecule has 8 nitrogen and oxygen atoms in total. The molecule has 1 atom stereocenters. The van der Waals surface area contributed by atoms with Crippen molar-refractivity contribution in [2.24, 2.45) is 5.92 Å². The molecular weight excluding hydrogens is 502 g/mol. The number of nitrogens with one attached hydrogen (secondary N) is 1. The van der Waals surface area contributed by atoms with Gasteiger partial charge in [0, 0.05) is 26.1 Å². The highest BCUT2D eigenvalue weighted by Gasteiger charge is 2.29. The SMILES string of the molecule is CCc1ccc(N(CCCC(=O)N(Cc2ccc(OC)cc2)C(CC)C(=O)NCC(C)C)S(C)(=O)=O)cc1. The molecule has 9 heteroatoms. The molecule has 0 fully saturated rings. The molecule has 0 aromatic heterocycles. The molecule has 0 spiro atoms. The van der Waals surface area contributed by atoms with Gasteiger partial charge in [0.25, 0.3) is 0 Å². The van der Waals surface area contributed by atoms with Crippen molar-refractivity contribution in [3.05, 3.63) is 59.7 Å². The highest BCUT2D eigenvalue weighted by atomic mass is 32.2. The highest BCUT2D eigenvalue weighted by molar-refractivity contribution is 7.92. The lowest BCUT2D eigenvalue weighted by molar-refractivity contribution is -0.141. The summed E-state index contributed by atoms with van der Waals surface area (Å²) in [5.41, 5.74) is 2.57. The van der Waals surface area contributed by atoms with Crippen LogP contribution in [0.1, 0.15) is 58.1 Å². The van der Waals surface area contributed by atoms with E-state index >= 15 is 0 Å². The van der Waals surface area contributed by atoms with Crippen LogP contribution < -0.4 is 14.4 Å². The van der Waals surface area contributed by atoms with Crippen LogP contribution in [-0.2, 0) is 32.6 Å². The second-order valence-electron chi connectivity index (χ2n) is 9.89. The number of anilines is 1. The molecule has 0 bridgehead atoms. The molecule has 0 aliphatic carbocycles. The summed E-state index contributed by atoms with van der Waals surface area (Å²) >= 11 is 0. The van der Waals surface area contributed by atoms with Crippen molar-refractivity contribution in [1.82, 2.24) is 10.2 Å². The van der Waals surface area contributed by atoms with Crippen LogP contribution in [0.2, 0.25) is 0 Å². The minimum atomic E-state index is -3.53. The zero-order chi connectivity index (χ0) is 28.3. The van der Waals surface area contributed by atoms with E-state index in [1.807, 2.05) is 64.1 Å². The van der Waals surface area contributed by atoms with E-state index in [4.69, 9.17) is 4.74 Å². The molecule has 0 saturated carbocycles. The first-order valence-corrected chi connectivity index (χ1v) is 15.1. The number of hydrogen-bond donors (Lipinski definition) is 1. The Bertz CT molecular complexity index is 1130. The molecule has 2 aromatic carbocycles. The molecule has 2 amide bonds. The number of carbonyl (C=O) groups excluding carboxylic acids is 2. The topological polar surface area (TPSA) is 96.0 Å². The molecule has 210 valence electrons. The van der Waals surface area contributed by atoms with Crippen LogP contribution in [0.5, 0.6) is 5.75 Å². The molecule has 0 heterocycles. The Morgan fingerprint density at radius 1 is 0.974 bits per heavy atom. The number of benzene rings is 2. The van der Waals surface area contributed by atoms with Crippen LogP contribution in [0.15, 0.2) is 48.5 Å². The molecule has 0 aliphatic rings. The molecule has 2 rings (SSSR count). The van der Waals surface area contributed by atoms with Gasteiger partial charge in [0.15, 0.2) is 0 Å². The molecule has 0 aliphatic heterocycles. The van der Waals surface area contributed by atoms with Crippen molar-refractivity contribution < 1.29 is 22.7 Å². The fraction of sp³-hybridized carbons (Fsp3) is 0.517. The van der Waals surface area contributed by atoms with Crippen molar-refractivity contribution >= 4 is 27.5 Å². The molecule has 0 saturated heterocycles. The Kier molecular flexibility index (Phi) is 12.1. The van der Waals surface area contributed by atoms with Gasteiger partial charge in [-0.25, -0.2) is 8.42 Å². The second kappa shape index (κ2) is 14.8. The first-order chi connectivity index (χ1) is 18.0. The number of rotatable bonds is 15. The van der Waals surface area contributed by atoms with Crippen molar-refractivity contribution in [2.45, 2.75) is 66.0 Å². The minimum absolute atomic E-state index is 0.114. The van der Waals surface area contributed by atoms with E-state index in [0.29, 0.717) is 30.8 Å². The largest absolute Gasteiger partial charge is 0.497 e. The van der Waals surface area contributed by atoms with Gasteiger partial charge >= 0.3 is 0 Å². The molecule has 2 aromatic rings. The monoisotopic (exact) mass is 545 g/mol. The molecule has 1 N–H and O–H groups in total. The zero-order valence-corrected chi connectivity index (χ0v) is 24.4. The van der Waals surface area contributed by atoms with Gasteiger partial charge in [0.05, 0.1) is 19.1 Å². The third kappa shape index (κ3) is 9.35. The van der Waals surface area contributed by atoms with Gasteiger partial charge in [0.1, 0.15) is 11.8 Å². The van der Waals surface area contributed by atoms with Crippen LogP contribution >= 0.6 is 0 Å². The summed E-state index contributed by atoms with van der Waals surface area (Å²) in [5.74, 6) is 0.621. The van der Waals surface area contributed by atoms with Crippen molar-refractivity contribution in [3.8, 4) is 5.75 Å². The predicted molar refractivity (Wildman–Crippen MR) is 153 cm³/mol. The summed E-state index contributed by atoms with van der Waals surface area (Å²) in [6.45, 7) is 8.93. The van der Waals surface area contributed by atoms with Crippen LogP contribution in [0.3, 0.4) is 0 Å². The summed E-state index contributed by atoms with van der Waals surface area (Å²) in [7, 11) is -1.94. The van der Waals surface area contributed by atoms with Crippen LogP contribution in [0.25, 0.3) is 0 Å². The van der Waals surface area contributed by atoms with Crippen LogP contribution in [0, 0.1) is 5.92 Å². The Balaban J connectivity index is 2.21. The van der Waals surface area contributed by atoms with E-state index in [1.165, 1.54) is 10.6 Å². The molecule has 38 heavy (non-hydrogen) atoms. The van der Waals surface area contributed by atoms with Gasteiger partial charge in [-0.1, -0.05) is 52.0 Å². The number of hydrogen-bond acceptors (Lipinski definition) is 5. The predicted octanol–water partition coefficient (Wildman–Crippen LogP) is 4.38. The molecular formula is C29H43N3O5S. The first-order valence-electron chi connectivity index (χ1n) is 13.3. The highest BCUT2D eigenvalue weighted by Crippen LogP contribution is 2.21. The standard InChI is InChI=1S/C29H43N3O5S/c1-7-23-11-15-25(16-12-23)32(38(6,35)36)19-9-10-28(33)31(21-24-13-17-26(37-5)18-14-24)27(8-2)29(34)30-20-22(3)4/h11-18,22,27H,7-10,19-21H2,1-6H3,(H,30,34). The van der Waals surface area contributed by atoms with Crippen molar-refractivity contribution in [2.75, 3.05) is 30.8 Å². The van der Waals surface area contributed by atoms with E-state index in [1.54, 1.807) is 24.1 Å². The van der Waals surface area contributed by atoms with Gasteiger partial charge < -0.3 is 15.0 Å². The summed E-state index contributed by atoms with van der Waals surface area (Å²) < 4.78 is 31.6. The summed E-state index contributed by atoms with van der Waals surface area (Å²) in [6, 6.07) is 14.2. The lowest BCUT2D eigenvalue weighted by Gasteiger charge is -2.31. The maximum absolute atomic E-state index is 13.5. The lowest BCUT2D eigenvalue weighted by Crippen LogP contribution is -2.49. The average Bonchev–Trinajstić information content (AvgIpc) is 2.89. The Morgan fingerprint density at radius 2 is 1.58 bits per heavy atom. The van der Waals surface area contributed by atoms with Gasteiger partial charge in [0.2, 0.25) is 21.8 Å². The maximum Gasteiger partial charge on any atom is 0.242 e. The zero-order valence-electron chi connectivity index (χ0n) is 23.6. The Morgan fingerprint density at radius 3 is 2.08 bits per heavy atom.